The van der Waals surface area contributed by atoms with E-state index in [1.54, 1.807) is 4.90 Å². The Balaban J connectivity index is 2.18. The summed E-state index contributed by atoms with van der Waals surface area (Å²) in [5.41, 5.74) is 1.92. The zero-order valence-electron chi connectivity index (χ0n) is 11.0. The molecular formula is C14H19ClN2O. The Labute approximate surface area is 113 Å². The highest BCUT2D eigenvalue weighted by atomic mass is 35.5. The fourth-order valence-electron chi connectivity index (χ4n) is 2.31. The van der Waals surface area contributed by atoms with Crippen LogP contribution in [0, 0.1) is 6.92 Å². The Morgan fingerprint density at radius 2 is 2.17 bits per heavy atom. The van der Waals surface area contributed by atoms with E-state index in [4.69, 9.17) is 11.6 Å². The maximum absolute atomic E-state index is 12.3. The van der Waals surface area contributed by atoms with Gasteiger partial charge in [-0.25, -0.2) is 0 Å². The molecule has 0 bridgehead atoms. The summed E-state index contributed by atoms with van der Waals surface area (Å²) in [6.45, 7) is 6.82. The molecule has 1 unspecified atom stereocenters. The maximum Gasteiger partial charge on any atom is 0.244 e. The van der Waals surface area contributed by atoms with Crippen LogP contribution in [0.15, 0.2) is 18.2 Å². The number of aryl methyl sites for hydroxylation is 1. The second-order valence-corrected chi connectivity index (χ2v) is 5.51. The number of benzene rings is 1. The number of hydrogen-bond acceptors (Lipinski definition) is 2. The van der Waals surface area contributed by atoms with Gasteiger partial charge in [0, 0.05) is 12.6 Å². The summed E-state index contributed by atoms with van der Waals surface area (Å²) in [5.74, 6) is 0.120. The molecule has 3 nitrogen and oxygen atoms in total. The molecule has 0 aromatic heterocycles. The van der Waals surface area contributed by atoms with Gasteiger partial charge in [-0.05, 0) is 31.0 Å². The maximum atomic E-state index is 12.3. The van der Waals surface area contributed by atoms with Gasteiger partial charge >= 0.3 is 0 Å². The minimum Gasteiger partial charge on any atom is -0.310 e. The van der Waals surface area contributed by atoms with Gasteiger partial charge in [0.15, 0.2) is 0 Å². The molecule has 1 amide bonds. The highest BCUT2D eigenvalue weighted by molar-refractivity contribution is 6.34. The minimum atomic E-state index is -0.0811. The topological polar surface area (TPSA) is 32.3 Å². The highest BCUT2D eigenvalue weighted by Crippen LogP contribution is 2.30. The molecule has 0 saturated carbocycles. The first kappa shape index (κ1) is 13.4. The number of halogens is 1. The molecule has 1 atom stereocenters. The van der Waals surface area contributed by atoms with Crippen molar-refractivity contribution in [2.75, 3.05) is 11.4 Å². The average Bonchev–Trinajstić information content (AvgIpc) is 2.60. The van der Waals surface area contributed by atoms with Crippen molar-refractivity contribution >= 4 is 23.2 Å². The van der Waals surface area contributed by atoms with E-state index in [0.717, 1.165) is 24.2 Å². The lowest BCUT2D eigenvalue weighted by atomic mass is 10.2. The fourth-order valence-corrected chi connectivity index (χ4v) is 2.64. The van der Waals surface area contributed by atoms with Gasteiger partial charge in [0.05, 0.1) is 16.8 Å². The van der Waals surface area contributed by atoms with Crippen molar-refractivity contribution < 1.29 is 4.79 Å². The standard InChI is InChI=1S/C14H19ClN2O/c1-9(2)16-12-6-7-17(14(12)18)13-5-4-10(3)8-11(13)15/h4-5,8-9,12,16H,6-7H2,1-3H3. The molecule has 0 radical (unpaired) electrons. The van der Waals surface area contributed by atoms with Gasteiger partial charge in [-0.15, -0.1) is 0 Å². The second kappa shape index (κ2) is 5.29. The molecule has 1 N–H and O–H groups in total. The SMILES string of the molecule is Cc1ccc(N2CCC(NC(C)C)C2=O)c(Cl)c1. The number of nitrogens with zero attached hydrogens (tertiary/aromatic N) is 1. The van der Waals surface area contributed by atoms with E-state index in [-0.39, 0.29) is 11.9 Å². The number of anilines is 1. The van der Waals surface area contributed by atoms with E-state index in [0.29, 0.717) is 11.1 Å². The van der Waals surface area contributed by atoms with Crippen LogP contribution in [-0.2, 0) is 4.79 Å². The smallest absolute Gasteiger partial charge is 0.244 e. The van der Waals surface area contributed by atoms with Gasteiger partial charge < -0.3 is 10.2 Å². The van der Waals surface area contributed by atoms with Crippen molar-refractivity contribution in [1.29, 1.82) is 0 Å². The van der Waals surface area contributed by atoms with Crippen LogP contribution in [0.3, 0.4) is 0 Å². The van der Waals surface area contributed by atoms with Crippen molar-refractivity contribution in [2.45, 2.75) is 39.3 Å². The number of carbonyl (C=O) groups is 1. The molecule has 1 heterocycles. The summed E-state index contributed by atoms with van der Waals surface area (Å²) in [7, 11) is 0. The minimum absolute atomic E-state index is 0.0811. The van der Waals surface area contributed by atoms with Gasteiger partial charge in [0.1, 0.15) is 0 Å². The molecule has 1 saturated heterocycles. The lowest BCUT2D eigenvalue weighted by molar-refractivity contribution is -0.118. The van der Waals surface area contributed by atoms with Gasteiger partial charge in [-0.3, -0.25) is 4.79 Å². The molecule has 4 heteroatoms. The lowest BCUT2D eigenvalue weighted by Crippen LogP contribution is -2.41. The summed E-state index contributed by atoms with van der Waals surface area (Å²) >= 11 is 6.21. The molecule has 1 aromatic rings. The van der Waals surface area contributed by atoms with Crippen molar-refractivity contribution in [3.8, 4) is 0 Å². The number of carbonyl (C=O) groups excluding carboxylic acids is 1. The third-order valence-electron chi connectivity index (χ3n) is 3.13. The van der Waals surface area contributed by atoms with Gasteiger partial charge in [-0.1, -0.05) is 31.5 Å². The largest absolute Gasteiger partial charge is 0.310 e. The van der Waals surface area contributed by atoms with Gasteiger partial charge in [0.2, 0.25) is 5.91 Å². The molecule has 1 aliphatic heterocycles. The molecule has 1 aromatic carbocycles. The van der Waals surface area contributed by atoms with Gasteiger partial charge in [-0.2, -0.15) is 0 Å². The first-order chi connectivity index (χ1) is 8.49. The molecule has 98 valence electrons. The Bertz CT molecular complexity index is 459. The van der Waals surface area contributed by atoms with E-state index < -0.39 is 0 Å². The van der Waals surface area contributed by atoms with Crippen LogP contribution >= 0.6 is 11.6 Å². The summed E-state index contributed by atoms with van der Waals surface area (Å²) in [6.07, 6.45) is 0.835. The summed E-state index contributed by atoms with van der Waals surface area (Å²) in [5, 5.41) is 3.93. The number of hydrogen-bond donors (Lipinski definition) is 1. The molecule has 0 spiro atoms. The van der Waals surface area contributed by atoms with Crippen LogP contribution in [0.4, 0.5) is 5.69 Å². The molecule has 2 rings (SSSR count). The third kappa shape index (κ3) is 2.68. The molecule has 0 aliphatic carbocycles. The van der Waals surface area contributed by atoms with Gasteiger partial charge in [0.25, 0.3) is 0 Å². The molecule has 1 fully saturated rings. The Morgan fingerprint density at radius 1 is 1.44 bits per heavy atom. The van der Waals surface area contributed by atoms with Crippen LogP contribution in [0.25, 0.3) is 0 Å². The normalized spacial score (nSPS) is 19.9. The highest BCUT2D eigenvalue weighted by Gasteiger charge is 2.33. The lowest BCUT2D eigenvalue weighted by Gasteiger charge is -2.19. The van der Waals surface area contributed by atoms with E-state index in [1.165, 1.54) is 0 Å². The summed E-state index contributed by atoms with van der Waals surface area (Å²) in [4.78, 5) is 14.1. The van der Waals surface area contributed by atoms with Crippen LogP contribution in [0.2, 0.25) is 5.02 Å². The van der Waals surface area contributed by atoms with E-state index in [2.05, 4.69) is 19.2 Å². The average molecular weight is 267 g/mol. The monoisotopic (exact) mass is 266 g/mol. The first-order valence-corrected chi connectivity index (χ1v) is 6.70. The first-order valence-electron chi connectivity index (χ1n) is 6.32. The van der Waals surface area contributed by atoms with Crippen LogP contribution in [-0.4, -0.2) is 24.5 Å². The third-order valence-corrected chi connectivity index (χ3v) is 3.44. The van der Waals surface area contributed by atoms with Crippen molar-refractivity contribution in [3.63, 3.8) is 0 Å². The molecule has 1 aliphatic rings. The van der Waals surface area contributed by atoms with Crippen LogP contribution in [0.1, 0.15) is 25.8 Å². The van der Waals surface area contributed by atoms with Crippen LogP contribution < -0.4 is 10.2 Å². The Kier molecular flexibility index (Phi) is 3.93. The van der Waals surface area contributed by atoms with Crippen molar-refractivity contribution in [1.82, 2.24) is 5.32 Å². The second-order valence-electron chi connectivity index (χ2n) is 5.11. The van der Waals surface area contributed by atoms with E-state index in [1.807, 2.05) is 25.1 Å². The predicted molar refractivity (Wildman–Crippen MR) is 75.2 cm³/mol. The fraction of sp³-hybridized carbons (Fsp3) is 0.500. The predicted octanol–water partition coefficient (Wildman–Crippen LogP) is 2.75. The van der Waals surface area contributed by atoms with E-state index >= 15 is 0 Å². The summed E-state index contributed by atoms with van der Waals surface area (Å²) < 4.78 is 0. The molecule has 18 heavy (non-hydrogen) atoms. The summed E-state index contributed by atoms with van der Waals surface area (Å²) in [6, 6.07) is 6.04. The number of amides is 1. The Hall–Kier alpha value is -1.06. The van der Waals surface area contributed by atoms with Crippen molar-refractivity contribution in [3.05, 3.63) is 28.8 Å². The van der Waals surface area contributed by atoms with Crippen LogP contribution in [0.5, 0.6) is 0 Å². The van der Waals surface area contributed by atoms with E-state index in [9.17, 15) is 4.79 Å². The Morgan fingerprint density at radius 3 is 2.78 bits per heavy atom. The molecular weight excluding hydrogens is 248 g/mol. The zero-order valence-corrected chi connectivity index (χ0v) is 11.8. The zero-order chi connectivity index (χ0) is 13.3. The van der Waals surface area contributed by atoms with Crippen molar-refractivity contribution in [2.24, 2.45) is 0 Å². The quantitative estimate of drug-likeness (QED) is 0.912. The number of rotatable bonds is 3. The number of nitrogens with one attached hydrogen (secondary N) is 1.